The number of methoxy groups -OCH3 is 1. The lowest BCUT2D eigenvalue weighted by atomic mass is 10.0. The first-order chi connectivity index (χ1) is 12.9. The monoisotopic (exact) mass is 373 g/mol. The zero-order valence-electron chi connectivity index (χ0n) is 17.1. The third-order valence-corrected chi connectivity index (χ3v) is 5.56. The Bertz CT molecular complexity index is 787. The molecule has 0 bridgehead atoms. The van der Waals surface area contributed by atoms with E-state index in [2.05, 4.69) is 29.8 Å². The van der Waals surface area contributed by atoms with Gasteiger partial charge < -0.3 is 19.2 Å². The van der Waals surface area contributed by atoms with Crippen molar-refractivity contribution in [2.75, 3.05) is 40.4 Å². The van der Waals surface area contributed by atoms with Crippen LogP contribution >= 0.6 is 0 Å². The molecule has 0 radical (unpaired) electrons. The van der Waals surface area contributed by atoms with Crippen molar-refractivity contribution in [3.8, 4) is 17.2 Å². The molecule has 1 aliphatic heterocycles. The highest BCUT2D eigenvalue weighted by molar-refractivity contribution is 5.62. The fraction of sp³-hybridized carbons (Fsp3) is 0.571. The summed E-state index contributed by atoms with van der Waals surface area (Å²) in [6.45, 7) is 10.0. The van der Waals surface area contributed by atoms with Crippen molar-refractivity contribution in [2.45, 2.75) is 39.8 Å². The van der Waals surface area contributed by atoms with Crippen LogP contribution in [0.4, 0.5) is 0 Å². The van der Waals surface area contributed by atoms with Crippen LogP contribution in [0.3, 0.4) is 0 Å². The van der Waals surface area contributed by atoms with E-state index in [1.807, 2.05) is 19.9 Å². The molecule has 0 saturated carbocycles. The standard InChI is InChI=1S/C21H31N3O3/c1-14-11-20(26-5)15(2)10-18(14)21-22-19(16(3)27-21)13-24-8-7-23(4)17(12-24)6-9-25/h10-11,17,25H,6-9,12-13H2,1-5H3/t17-/m0/s1. The average molecular weight is 373 g/mol. The van der Waals surface area contributed by atoms with E-state index in [0.717, 1.165) is 66.5 Å². The fourth-order valence-corrected chi connectivity index (χ4v) is 3.76. The van der Waals surface area contributed by atoms with Gasteiger partial charge >= 0.3 is 0 Å². The van der Waals surface area contributed by atoms with Gasteiger partial charge in [-0.1, -0.05) is 0 Å². The number of hydrogen-bond donors (Lipinski definition) is 1. The molecular weight excluding hydrogens is 342 g/mol. The topological polar surface area (TPSA) is 62.0 Å². The molecule has 6 nitrogen and oxygen atoms in total. The number of aryl methyl sites for hydroxylation is 3. The van der Waals surface area contributed by atoms with Crippen LogP contribution in [0.2, 0.25) is 0 Å². The molecule has 0 unspecified atom stereocenters. The number of aliphatic hydroxyl groups excluding tert-OH is 1. The number of ether oxygens (including phenoxy) is 1. The van der Waals surface area contributed by atoms with Crippen molar-refractivity contribution in [2.24, 2.45) is 0 Å². The number of piperazine rings is 1. The highest BCUT2D eigenvalue weighted by Gasteiger charge is 2.25. The molecule has 148 valence electrons. The summed E-state index contributed by atoms with van der Waals surface area (Å²) in [4.78, 5) is 9.54. The summed E-state index contributed by atoms with van der Waals surface area (Å²) in [6, 6.07) is 4.50. The zero-order chi connectivity index (χ0) is 19.6. The van der Waals surface area contributed by atoms with Crippen LogP contribution in [0, 0.1) is 20.8 Å². The molecule has 1 aliphatic rings. The third kappa shape index (κ3) is 4.34. The van der Waals surface area contributed by atoms with Gasteiger partial charge in [-0.15, -0.1) is 0 Å². The Morgan fingerprint density at radius 2 is 2.00 bits per heavy atom. The van der Waals surface area contributed by atoms with E-state index in [-0.39, 0.29) is 6.61 Å². The van der Waals surface area contributed by atoms with Gasteiger partial charge in [0.25, 0.3) is 0 Å². The maximum atomic E-state index is 9.29. The predicted molar refractivity (Wildman–Crippen MR) is 106 cm³/mol. The van der Waals surface area contributed by atoms with Crippen molar-refractivity contribution in [1.29, 1.82) is 0 Å². The number of oxazole rings is 1. The minimum Gasteiger partial charge on any atom is -0.496 e. The molecule has 1 N–H and O–H groups in total. The van der Waals surface area contributed by atoms with Crippen LogP contribution in [0.5, 0.6) is 5.75 Å². The first-order valence-corrected chi connectivity index (χ1v) is 9.58. The van der Waals surface area contributed by atoms with Gasteiger partial charge in [-0.3, -0.25) is 4.90 Å². The molecule has 1 aromatic carbocycles. The van der Waals surface area contributed by atoms with Gasteiger partial charge in [0, 0.05) is 44.4 Å². The van der Waals surface area contributed by atoms with Gasteiger partial charge in [-0.2, -0.15) is 0 Å². The van der Waals surface area contributed by atoms with Crippen LogP contribution < -0.4 is 4.74 Å². The molecule has 3 rings (SSSR count). The normalized spacial score (nSPS) is 18.8. The summed E-state index contributed by atoms with van der Waals surface area (Å²) in [5.74, 6) is 2.43. The van der Waals surface area contributed by atoms with Crippen LogP contribution in [0.25, 0.3) is 11.5 Å². The highest BCUT2D eigenvalue weighted by atomic mass is 16.5. The first kappa shape index (κ1) is 19.9. The van der Waals surface area contributed by atoms with Gasteiger partial charge in [0.1, 0.15) is 11.5 Å². The lowest BCUT2D eigenvalue weighted by molar-refractivity contribution is 0.0734. The Hall–Kier alpha value is -1.89. The van der Waals surface area contributed by atoms with E-state index >= 15 is 0 Å². The molecule has 2 aromatic rings. The van der Waals surface area contributed by atoms with Crippen molar-refractivity contribution >= 4 is 0 Å². The predicted octanol–water partition coefficient (Wildman–Crippen LogP) is 2.77. The summed E-state index contributed by atoms with van der Waals surface area (Å²) < 4.78 is 11.4. The summed E-state index contributed by atoms with van der Waals surface area (Å²) in [6.07, 6.45) is 0.806. The summed E-state index contributed by atoms with van der Waals surface area (Å²) in [5.41, 5.74) is 4.17. The number of aromatic nitrogens is 1. The van der Waals surface area contributed by atoms with E-state index in [1.54, 1.807) is 7.11 Å². The Kier molecular flexibility index (Phi) is 6.19. The van der Waals surface area contributed by atoms with Gasteiger partial charge in [-0.25, -0.2) is 4.98 Å². The van der Waals surface area contributed by atoms with E-state index in [4.69, 9.17) is 14.1 Å². The van der Waals surface area contributed by atoms with Gasteiger partial charge in [0.15, 0.2) is 0 Å². The van der Waals surface area contributed by atoms with E-state index in [0.29, 0.717) is 11.9 Å². The second-order valence-electron chi connectivity index (χ2n) is 7.54. The summed E-state index contributed by atoms with van der Waals surface area (Å²) in [7, 11) is 3.82. The maximum Gasteiger partial charge on any atom is 0.226 e. The molecule has 1 fully saturated rings. The summed E-state index contributed by atoms with van der Waals surface area (Å²) >= 11 is 0. The van der Waals surface area contributed by atoms with Gasteiger partial charge in [0.2, 0.25) is 5.89 Å². The molecule has 0 aliphatic carbocycles. The van der Waals surface area contributed by atoms with Crippen LogP contribution in [0.15, 0.2) is 16.5 Å². The summed E-state index contributed by atoms with van der Waals surface area (Å²) in [5, 5.41) is 9.29. The second-order valence-corrected chi connectivity index (χ2v) is 7.54. The Balaban J connectivity index is 1.78. The average Bonchev–Trinajstić information content (AvgIpc) is 3.00. The smallest absolute Gasteiger partial charge is 0.226 e. The molecule has 1 atom stereocenters. The number of hydrogen-bond acceptors (Lipinski definition) is 6. The van der Waals surface area contributed by atoms with Gasteiger partial charge in [0.05, 0.1) is 12.8 Å². The number of aliphatic hydroxyl groups is 1. The first-order valence-electron chi connectivity index (χ1n) is 9.58. The Morgan fingerprint density at radius 3 is 2.70 bits per heavy atom. The molecule has 2 heterocycles. The van der Waals surface area contributed by atoms with Gasteiger partial charge in [-0.05, 0) is 57.5 Å². The molecule has 27 heavy (non-hydrogen) atoms. The zero-order valence-corrected chi connectivity index (χ0v) is 17.1. The van der Waals surface area contributed by atoms with E-state index in [9.17, 15) is 5.11 Å². The molecule has 1 saturated heterocycles. The van der Waals surface area contributed by atoms with Crippen LogP contribution in [0.1, 0.15) is 29.0 Å². The largest absolute Gasteiger partial charge is 0.496 e. The molecule has 1 aromatic heterocycles. The SMILES string of the molecule is COc1cc(C)c(-c2nc(CN3CCN(C)[C@@H](CCO)C3)c(C)o2)cc1C. The third-order valence-electron chi connectivity index (χ3n) is 5.56. The minimum atomic E-state index is 0.228. The van der Waals surface area contributed by atoms with Crippen molar-refractivity contribution in [3.05, 3.63) is 34.7 Å². The molecule has 0 amide bonds. The Morgan fingerprint density at radius 1 is 1.22 bits per heavy atom. The number of nitrogens with zero attached hydrogens (tertiary/aromatic N) is 3. The lowest BCUT2D eigenvalue weighted by Crippen LogP contribution is -2.51. The van der Waals surface area contributed by atoms with Crippen LogP contribution in [-0.4, -0.2) is 66.3 Å². The molecule has 0 spiro atoms. The quantitative estimate of drug-likeness (QED) is 0.840. The second kappa shape index (κ2) is 8.42. The molecular formula is C21H31N3O3. The number of likely N-dealkylation sites (N-methyl/N-ethyl adjacent to an activating group) is 1. The van der Waals surface area contributed by atoms with Crippen molar-refractivity contribution in [1.82, 2.24) is 14.8 Å². The van der Waals surface area contributed by atoms with E-state index in [1.165, 1.54) is 0 Å². The maximum absolute atomic E-state index is 9.29. The lowest BCUT2D eigenvalue weighted by Gasteiger charge is -2.39. The Labute approximate surface area is 161 Å². The number of rotatable bonds is 6. The van der Waals surface area contributed by atoms with E-state index < -0.39 is 0 Å². The minimum absolute atomic E-state index is 0.228. The fourth-order valence-electron chi connectivity index (χ4n) is 3.76. The number of benzene rings is 1. The van der Waals surface area contributed by atoms with Crippen molar-refractivity contribution in [3.63, 3.8) is 0 Å². The van der Waals surface area contributed by atoms with Crippen LogP contribution in [-0.2, 0) is 6.54 Å². The molecule has 6 heteroatoms. The highest BCUT2D eigenvalue weighted by Crippen LogP contribution is 2.31. The van der Waals surface area contributed by atoms with Crippen molar-refractivity contribution < 1.29 is 14.3 Å².